The van der Waals surface area contributed by atoms with Crippen LogP contribution >= 0.6 is 0 Å². The standard InChI is InChI=1S/C4H8FNO2/c5-3(2-7)4(8)1-6/h1,3-4,6-8H,2H2. The Balaban J connectivity index is 3.44. The summed E-state index contributed by atoms with van der Waals surface area (Å²) in [6, 6.07) is 0. The zero-order chi connectivity index (χ0) is 6.57. The molecule has 0 rings (SSSR count). The summed E-state index contributed by atoms with van der Waals surface area (Å²) in [5.74, 6) is 0. The van der Waals surface area contributed by atoms with Crippen LogP contribution in [0.15, 0.2) is 0 Å². The zero-order valence-electron chi connectivity index (χ0n) is 4.21. The third kappa shape index (κ3) is 1.99. The minimum Gasteiger partial charge on any atom is -0.393 e. The van der Waals surface area contributed by atoms with Gasteiger partial charge in [-0.15, -0.1) is 0 Å². The van der Waals surface area contributed by atoms with Crippen LogP contribution in [0.1, 0.15) is 0 Å². The molecule has 0 aromatic heterocycles. The summed E-state index contributed by atoms with van der Waals surface area (Å²) >= 11 is 0. The number of nitrogens with one attached hydrogen (secondary N) is 1. The number of aliphatic hydroxyl groups is 2. The van der Waals surface area contributed by atoms with Crippen molar-refractivity contribution in [3.63, 3.8) is 0 Å². The fourth-order valence-electron chi connectivity index (χ4n) is 0.212. The van der Waals surface area contributed by atoms with Crippen molar-refractivity contribution in [2.24, 2.45) is 0 Å². The van der Waals surface area contributed by atoms with Crippen LogP contribution in [-0.2, 0) is 0 Å². The Morgan fingerprint density at radius 2 is 2.25 bits per heavy atom. The first-order valence-electron chi connectivity index (χ1n) is 2.16. The van der Waals surface area contributed by atoms with Gasteiger partial charge in [0.05, 0.1) is 6.61 Å². The van der Waals surface area contributed by atoms with Gasteiger partial charge in [-0.25, -0.2) is 4.39 Å². The summed E-state index contributed by atoms with van der Waals surface area (Å²) < 4.78 is 11.9. The number of rotatable bonds is 3. The van der Waals surface area contributed by atoms with E-state index in [2.05, 4.69) is 0 Å². The van der Waals surface area contributed by atoms with E-state index in [0.717, 1.165) is 0 Å². The average Bonchev–Trinajstić information content (AvgIpc) is 1.84. The molecule has 0 aliphatic heterocycles. The van der Waals surface area contributed by atoms with Gasteiger partial charge in [-0.3, -0.25) is 0 Å². The van der Waals surface area contributed by atoms with E-state index >= 15 is 0 Å². The van der Waals surface area contributed by atoms with Crippen LogP contribution in [0.4, 0.5) is 4.39 Å². The largest absolute Gasteiger partial charge is 0.393 e. The molecule has 48 valence electrons. The van der Waals surface area contributed by atoms with Crippen LogP contribution in [-0.4, -0.2) is 35.3 Å². The van der Waals surface area contributed by atoms with Crippen LogP contribution in [0.5, 0.6) is 0 Å². The summed E-state index contributed by atoms with van der Waals surface area (Å²) in [5, 5.41) is 22.7. The van der Waals surface area contributed by atoms with E-state index in [-0.39, 0.29) is 0 Å². The van der Waals surface area contributed by atoms with Crippen molar-refractivity contribution < 1.29 is 14.6 Å². The minimum absolute atomic E-state index is 0.543. The Morgan fingerprint density at radius 3 is 2.38 bits per heavy atom. The summed E-state index contributed by atoms with van der Waals surface area (Å²) in [4.78, 5) is 0. The van der Waals surface area contributed by atoms with Crippen LogP contribution < -0.4 is 0 Å². The molecule has 0 aliphatic carbocycles. The molecule has 0 saturated heterocycles. The van der Waals surface area contributed by atoms with Gasteiger partial charge < -0.3 is 15.6 Å². The topological polar surface area (TPSA) is 64.3 Å². The van der Waals surface area contributed by atoms with Gasteiger partial charge >= 0.3 is 0 Å². The van der Waals surface area contributed by atoms with Gasteiger partial charge in [0.1, 0.15) is 6.10 Å². The van der Waals surface area contributed by atoms with E-state index in [4.69, 9.17) is 15.6 Å². The predicted octanol–water partition coefficient (Wildman–Crippen LogP) is -0.673. The van der Waals surface area contributed by atoms with E-state index in [9.17, 15) is 4.39 Å². The van der Waals surface area contributed by atoms with Crippen molar-refractivity contribution in [2.45, 2.75) is 12.3 Å². The van der Waals surface area contributed by atoms with Crippen molar-refractivity contribution in [2.75, 3.05) is 6.61 Å². The number of hydrogen-bond donors (Lipinski definition) is 3. The van der Waals surface area contributed by atoms with Crippen molar-refractivity contribution >= 4 is 6.21 Å². The molecule has 3 N–H and O–H groups in total. The maximum Gasteiger partial charge on any atom is 0.154 e. The summed E-state index contributed by atoms with van der Waals surface area (Å²) in [5.41, 5.74) is 0. The number of aliphatic hydroxyl groups excluding tert-OH is 2. The molecule has 3 nitrogen and oxygen atoms in total. The predicted molar refractivity (Wildman–Crippen MR) is 26.8 cm³/mol. The van der Waals surface area contributed by atoms with E-state index < -0.39 is 18.9 Å². The summed E-state index contributed by atoms with van der Waals surface area (Å²) in [7, 11) is 0. The highest BCUT2D eigenvalue weighted by atomic mass is 19.1. The van der Waals surface area contributed by atoms with E-state index in [1.54, 1.807) is 0 Å². The fourth-order valence-corrected chi connectivity index (χ4v) is 0.212. The lowest BCUT2D eigenvalue weighted by molar-refractivity contribution is 0.0821. The molecular formula is C4H8FNO2. The Morgan fingerprint density at radius 1 is 1.75 bits per heavy atom. The van der Waals surface area contributed by atoms with Gasteiger partial charge in [0.25, 0.3) is 0 Å². The van der Waals surface area contributed by atoms with Crippen LogP contribution in [0.2, 0.25) is 0 Å². The van der Waals surface area contributed by atoms with Crippen LogP contribution in [0.3, 0.4) is 0 Å². The molecule has 0 spiro atoms. The first-order valence-corrected chi connectivity index (χ1v) is 2.16. The molecule has 0 heterocycles. The smallest absolute Gasteiger partial charge is 0.154 e. The third-order valence-electron chi connectivity index (χ3n) is 0.716. The maximum atomic E-state index is 11.9. The van der Waals surface area contributed by atoms with E-state index in [1.165, 1.54) is 0 Å². The molecule has 0 saturated carbocycles. The molecule has 0 radical (unpaired) electrons. The second-order valence-electron chi connectivity index (χ2n) is 1.36. The highest BCUT2D eigenvalue weighted by molar-refractivity contribution is 5.59. The lowest BCUT2D eigenvalue weighted by atomic mass is 10.2. The quantitative estimate of drug-likeness (QED) is 0.433. The molecular weight excluding hydrogens is 113 g/mol. The van der Waals surface area contributed by atoms with Gasteiger partial charge in [0.2, 0.25) is 0 Å². The molecule has 0 aromatic rings. The molecule has 0 amide bonds. The van der Waals surface area contributed by atoms with Gasteiger partial charge in [-0.2, -0.15) is 0 Å². The average molecular weight is 121 g/mol. The van der Waals surface area contributed by atoms with Gasteiger partial charge in [0.15, 0.2) is 6.17 Å². The Labute approximate surface area is 46.3 Å². The first-order chi connectivity index (χ1) is 3.72. The lowest BCUT2D eigenvalue weighted by Gasteiger charge is -2.05. The first kappa shape index (κ1) is 7.52. The van der Waals surface area contributed by atoms with Crippen molar-refractivity contribution in [3.05, 3.63) is 0 Å². The van der Waals surface area contributed by atoms with E-state index in [0.29, 0.717) is 6.21 Å². The number of hydrogen-bond acceptors (Lipinski definition) is 3. The second kappa shape index (κ2) is 3.51. The highest BCUT2D eigenvalue weighted by Crippen LogP contribution is 1.93. The Kier molecular flexibility index (Phi) is 3.30. The molecule has 4 heteroatoms. The molecule has 0 fully saturated rings. The maximum absolute atomic E-state index is 11.9. The monoisotopic (exact) mass is 121 g/mol. The SMILES string of the molecule is N=CC(O)C(F)CO. The molecule has 2 atom stereocenters. The number of halogens is 1. The summed E-state index contributed by atoms with van der Waals surface area (Å²) in [6.07, 6.45) is -2.63. The molecule has 0 aliphatic rings. The zero-order valence-corrected chi connectivity index (χ0v) is 4.21. The lowest BCUT2D eigenvalue weighted by Crippen LogP contribution is -2.25. The summed E-state index contributed by atoms with van der Waals surface area (Å²) in [6.45, 7) is -0.740. The van der Waals surface area contributed by atoms with Crippen molar-refractivity contribution in [1.82, 2.24) is 0 Å². The third-order valence-corrected chi connectivity index (χ3v) is 0.716. The van der Waals surface area contributed by atoms with Gasteiger partial charge in [-0.05, 0) is 0 Å². The van der Waals surface area contributed by atoms with Gasteiger partial charge in [0, 0.05) is 6.21 Å². The molecule has 2 unspecified atom stereocenters. The molecule has 8 heavy (non-hydrogen) atoms. The number of alkyl halides is 1. The van der Waals surface area contributed by atoms with Crippen molar-refractivity contribution in [1.29, 1.82) is 5.41 Å². The Bertz CT molecular complexity index is 78.4. The Hall–Kier alpha value is -0.480. The van der Waals surface area contributed by atoms with Crippen LogP contribution in [0, 0.1) is 5.41 Å². The second-order valence-corrected chi connectivity index (χ2v) is 1.36. The van der Waals surface area contributed by atoms with Crippen molar-refractivity contribution in [3.8, 4) is 0 Å². The molecule has 0 bridgehead atoms. The minimum atomic E-state index is -1.72. The molecule has 0 aromatic carbocycles. The fraction of sp³-hybridized carbons (Fsp3) is 0.750. The van der Waals surface area contributed by atoms with E-state index in [1.807, 2.05) is 0 Å². The highest BCUT2D eigenvalue weighted by Gasteiger charge is 2.12. The van der Waals surface area contributed by atoms with Crippen LogP contribution in [0.25, 0.3) is 0 Å². The normalized spacial score (nSPS) is 17.4. The van der Waals surface area contributed by atoms with Gasteiger partial charge in [-0.1, -0.05) is 0 Å².